The van der Waals surface area contributed by atoms with Crippen LogP contribution in [0.3, 0.4) is 0 Å². The number of hydrogen-bond donors (Lipinski definition) is 2. The van der Waals surface area contributed by atoms with Gasteiger partial charge in [0.1, 0.15) is 0 Å². The van der Waals surface area contributed by atoms with Gasteiger partial charge in [0.15, 0.2) is 5.78 Å². The third kappa shape index (κ3) is 4.38. The average molecular weight is 288 g/mol. The van der Waals surface area contributed by atoms with Gasteiger partial charge in [-0.15, -0.1) is 0 Å². The summed E-state index contributed by atoms with van der Waals surface area (Å²) in [6.07, 6.45) is -5.04. The number of halogens is 3. The Kier molecular flexibility index (Phi) is 4.49. The third-order valence-corrected chi connectivity index (χ3v) is 2.18. The van der Waals surface area contributed by atoms with E-state index in [-0.39, 0.29) is 16.9 Å². The third-order valence-electron chi connectivity index (χ3n) is 2.18. The lowest BCUT2D eigenvalue weighted by atomic mass is 10.1. The van der Waals surface area contributed by atoms with E-state index in [0.29, 0.717) is 0 Å². The van der Waals surface area contributed by atoms with Crippen molar-refractivity contribution in [2.75, 3.05) is 10.6 Å². The van der Waals surface area contributed by atoms with Gasteiger partial charge >= 0.3 is 12.1 Å². The lowest BCUT2D eigenvalue weighted by Crippen LogP contribution is -2.30. The molecule has 5 nitrogen and oxygen atoms in total. The maximum absolute atomic E-state index is 12.2. The molecule has 0 aliphatic carbocycles. The Balaban J connectivity index is 3.12. The molecule has 20 heavy (non-hydrogen) atoms. The summed E-state index contributed by atoms with van der Waals surface area (Å²) in [6.45, 7) is 2.41. The second-order valence-corrected chi connectivity index (χ2v) is 3.99. The van der Waals surface area contributed by atoms with Gasteiger partial charge in [-0.2, -0.15) is 13.2 Å². The second-order valence-electron chi connectivity index (χ2n) is 3.99. The largest absolute Gasteiger partial charge is 0.471 e. The van der Waals surface area contributed by atoms with Crippen LogP contribution in [0.4, 0.5) is 24.5 Å². The Bertz CT molecular complexity index is 568. The average Bonchev–Trinajstić information content (AvgIpc) is 2.26. The second kappa shape index (κ2) is 5.72. The van der Waals surface area contributed by atoms with Crippen LogP contribution in [0.5, 0.6) is 0 Å². The van der Waals surface area contributed by atoms with Crippen molar-refractivity contribution in [1.82, 2.24) is 0 Å². The molecule has 1 aromatic carbocycles. The molecule has 0 heterocycles. The predicted octanol–water partition coefficient (Wildman–Crippen LogP) is 2.35. The zero-order valence-electron chi connectivity index (χ0n) is 10.6. The quantitative estimate of drug-likeness (QED) is 0.838. The number of ketones is 1. The molecule has 2 amide bonds. The van der Waals surface area contributed by atoms with Crippen molar-refractivity contribution in [3.05, 3.63) is 23.8 Å². The van der Waals surface area contributed by atoms with Crippen LogP contribution in [0.1, 0.15) is 24.2 Å². The van der Waals surface area contributed by atoms with Crippen LogP contribution >= 0.6 is 0 Å². The number of anilines is 2. The Labute approximate surface area is 112 Å². The van der Waals surface area contributed by atoms with Crippen LogP contribution in [0, 0.1) is 0 Å². The van der Waals surface area contributed by atoms with E-state index < -0.39 is 23.8 Å². The molecule has 0 unspecified atom stereocenters. The Hall–Kier alpha value is -2.38. The van der Waals surface area contributed by atoms with Crippen LogP contribution in [-0.2, 0) is 9.59 Å². The maximum atomic E-state index is 12.2. The van der Waals surface area contributed by atoms with E-state index in [1.165, 1.54) is 19.9 Å². The molecule has 0 saturated heterocycles. The number of amides is 2. The van der Waals surface area contributed by atoms with Gasteiger partial charge in [0, 0.05) is 23.9 Å². The molecule has 1 aromatic rings. The van der Waals surface area contributed by atoms with Crippen LogP contribution in [0.2, 0.25) is 0 Å². The van der Waals surface area contributed by atoms with E-state index in [2.05, 4.69) is 5.32 Å². The van der Waals surface area contributed by atoms with Gasteiger partial charge in [-0.3, -0.25) is 14.4 Å². The number of Topliss-reactive ketones (excluding diaryl/α,β-unsaturated/α-hetero) is 1. The van der Waals surface area contributed by atoms with Crippen LogP contribution in [-0.4, -0.2) is 23.8 Å². The van der Waals surface area contributed by atoms with Gasteiger partial charge in [0.2, 0.25) is 5.91 Å². The minimum Gasteiger partial charge on any atom is -0.326 e. The highest BCUT2D eigenvalue weighted by atomic mass is 19.4. The van der Waals surface area contributed by atoms with Crippen LogP contribution < -0.4 is 10.6 Å². The number of carbonyl (C=O) groups is 3. The molecule has 108 valence electrons. The molecule has 0 bridgehead atoms. The summed E-state index contributed by atoms with van der Waals surface area (Å²) >= 11 is 0. The minimum atomic E-state index is -5.04. The number of rotatable bonds is 3. The van der Waals surface area contributed by atoms with Crippen molar-refractivity contribution in [3.63, 3.8) is 0 Å². The number of hydrogen-bond acceptors (Lipinski definition) is 3. The molecule has 0 spiro atoms. The number of carbonyl (C=O) groups excluding carboxylic acids is 3. The van der Waals surface area contributed by atoms with E-state index in [1.54, 1.807) is 5.32 Å². The maximum Gasteiger partial charge on any atom is 0.471 e. The summed E-state index contributed by atoms with van der Waals surface area (Å²) in [5.74, 6) is -3.04. The van der Waals surface area contributed by atoms with Crippen LogP contribution in [0.15, 0.2) is 18.2 Å². The highest BCUT2D eigenvalue weighted by molar-refractivity contribution is 6.01. The lowest BCUT2D eigenvalue weighted by molar-refractivity contribution is -0.167. The lowest BCUT2D eigenvalue weighted by Gasteiger charge is -2.11. The first-order valence-corrected chi connectivity index (χ1v) is 5.41. The molecular weight excluding hydrogens is 277 g/mol. The first-order chi connectivity index (χ1) is 9.09. The van der Waals surface area contributed by atoms with Crippen molar-refractivity contribution in [2.45, 2.75) is 20.0 Å². The SMILES string of the molecule is CC(=O)Nc1cc(NC(=O)C(F)(F)F)cc(C(C)=O)c1. The van der Waals surface area contributed by atoms with Crippen molar-refractivity contribution in [3.8, 4) is 0 Å². The summed E-state index contributed by atoms with van der Waals surface area (Å²) < 4.78 is 36.5. The molecule has 0 saturated carbocycles. The molecule has 2 N–H and O–H groups in total. The zero-order valence-corrected chi connectivity index (χ0v) is 10.6. The summed E-state index contributed by atoms with van der Waals surface area (Å²) in [4.78, 5) is 33.0. The minimum absolute atomic E-state index is 0.0636. The van der Waals surface area contributed by atoms with E-state index in [4.69, 9.17) is 0 Å². The highest BCUT2D eigenvalue weighted by Crippen LogP contribution is 2.23. The van der Waals surface area contributed by atoms with Gasteiger partial charge in [0.25, 0.3) is 0 Å². The molecule has 0 aliphatic rings. The monoisotopic (exact) mass is 288 g/mol. The molecule has 1 rings (SSSR count). The Morgan fingerprint density at radius 3 is 1.85 bits per heavy atom. The fourth-order valence-corrected chi connectivity index (χ4v) is 1.38. The number of benzene rings is 1. The van der Waals surface area contributed by atoms with Gasteiger partial charge < -0.3 is 10.6 Å². The molecule has 0 aliphatic heterocycles. The number of alkyl halides is 3. The Morgan fingerprint density at radius 2 is 1.45 bits per heavy atom. The van der Waals surface area contributed by atoms with Gasteiger partial charge in [0.05, 0.1) is 0 Å². The van der Waals surface area contributed by atoms with Crippen molar-refractivity contribution >= 4 is 29.0 Å². The summed E-state index contributed by atoms with van der Waals surface area (Å²) in [5, 5.41) is 3.95. The molecule has 0 atom stereocenters. The fraction of sp³-hybridized carbons (Fsp3) is 0.250. The fourth-order valence-electron chi connectivity index (χ4n) is 1.38. The number of nitrogens with one attached hydrogen (secondary N) is 2. The smallest absolute Gasteiger partial charge is 0.326 e. The zero-order chi connectivity index (χ0) is 15.5. The summed E-state index contributed by atoms with van der Waals surface area (Å²) in [7, 11) is 0. The van der Waals surface area contributed by atoms with Crippen LogP contribution in [0.25, 0.3) is 0 Å². The van der Waals surface area contributed by atoms with Crippen molar-refractivity contribution in [1.29, 1.82) is 0 Å². The summed E-state index contributed by atoms with van der Waals surface area (Å²) in [6, 6.07) is 3.52. The molecule has 8 heteroatoms. The van der Waals surface area contributed by atoms with E-state index in [1.807, 2.05) is 0 Å². The topological polar surface area (TPSA) is 75.3 Å². The molecule has 0 aromatic heterocycles. The van der Waals surface area contributed by atoms with E-state index in [9.17, 15) is 27.6 Å². The summed E-state index contributed by atoms with van der Waals surface area (Å²) in [5.41, 5.74) is -0.0554. The van der Waals surface area contributed by atoms with Gasteiger partial charge in [-0.1, -0.05) is 0 Å². The predicted molar refractivity (Wildman–Crippen MR) is 65.4 cm³/mol. The van der Waals surface area contributed by atoms with E-state index >= 15 is 0 Å². The first kappa shape index (κ1) is 15.7. The normalized spacial score (nSPS) is 10.8. The van der Waals surface area contributed by atoms with Gasteiger partial charge in [-0.05, 0) is 25.1 Å². The molecular formula is C12H11F3N2O3. The molecule has 0 fully saturated rings. The van der Waals surface area contributed by atoms with E-state index in [0.717, 1.165) is 12.1 Å². The van der Waals surface area contributed by atoms with Gasteiger partial charge in [-0.25, -0.2) is 0 Å². The van der Waals surface area contributed by atoms with Crippen molar-refractivity contribution in [2.24, 2.45) is 0 Å². The first-order valence-electron chi connectivity index (χ1n) is 5.41. The standard InChI is InChI=1S/C12H11F3N2O3/c1-6(18)8-3-9(16-7(2)19)5-10(4-8)17-11(20)12(13,14)15/h3-5H,1-2H3,(H,16,19)(H,17,20). The Morgan fingerprint density at radius 1 is 0.950 bits per heavy atom. The molecule has 0 radical (unpaired) electrons. The highest BCUT2D eigenvalue weighted by Gasteiger charge is 2.38. The van der Waals surface area contributed by atoms with Crippen molar-refractivity contribution < 1.29 is 27.6 Å².